The minimum absolute atomic E-state index is 0.212. The SMILES string of the molecule is COCC(O)CCC1Cc2ccccc2O1. The van der Waals surface area contributed by atoms with Crippen LogP contribution in [0.15, 0.2) is 24.3 Å². The number of rotatable bonds is 5. The van der Waals surface area contributed by atoms with Crippen LogP contribution in [0.4, 0.5) is 0 Å². The van der Waals surface area contributed by atoms with E-state index in [-0.39, 0.29) is 12.2 Å². The molecule has 3 nitrogen and oxygen atoms in total. The highest BCUT2D eigenvalue weighted by Crippen LogP contribution is 2.30. The molecule has 0 aliphatic carbocycles. The average molecular weight is 222 g/mol. The smallest absolute Gasteiger partial charge is 0.123 e. The fourth-order valence-corrected chi connectivity index (χ4v) is 2.07. The normalized spacial score (nSPS) is 20.2. The molecule has 0 aromatic heterocycles. The van der Waals surface area contributed by atoms with E-state index in [9.17, 15) is 5.11 Å². The van der Waals surface area contributed by atoms with Crippen LogP contribution < -0.4 is 4.74 Å². The minimum Gasteiger partial charge on any atom is -0.490 e. The van der Waals surface area contributed by atoms with Gasteiger partial charge in [0.15, 0.2) is 0 Å². The third kappa shape index (κ3) is 2.74. The Labute approximate surface area is 96.0 Å². The maximum Gasteiger partial charge on any atom is 0.123 e. The van der Waals surface area contributed by atoms with E-state index in [1.165, 1.54) is 5.56 Å². The Bertz CT molecular complexity index is 313. The van der Waals surface area contributed by atoms with Crippen LogP contribution in [0.3, 0.4) is 0 Å². The Morgan fingerprint density at radius 3 is 3.06 bits per heavy atom. The Morgan fingerprint density at radius 2 is 2.31 bits per heavy atom. The molecule has 1 N–H and O–H groups in total. The number of aliphatic hydroxyl groups is 1. The van der Waals surface area contributed by atoms with Crippen molar-refractivity contribution < 1.29 is 14.6 Å². The van der Waals surface area contributed by atoms with Gasteiger partial charge in [-0.3, -0.25) is 0 Å². The lowest BCUT2D eigenvalue weighted by atomic mass is 10.1. The van der Waals surface area contributed by atoms with E-state index < -0.39 is 0 Å². The Kier molecular flexibility index (Phi) is 3.80. The predicted octanol–water partition coefficient (Wildman–Crippen LogP) is 1.78. The zero-order valence-electron chi connectivity index (χ0n) is 9.56. The molecule has 0 spiro atoms. The highest BCUT2D eigenvalue weighted by Gasteiger charge is 2.22. The van der Waals surface area contributed by atoms with Gasteiger partial charge in [-0.25, -0.2) is 0 Å². The van der Waals surface area contributed by atoms with E-state index in [1.807, 2.05) is 18.2 Å². The average Bonchev–Trinajstić information content (AvgIpc) is 2.69. The molecule has 1 aliphatic rings. The van der Waals surface area contributed by atoms with Crippen molar-refractivity contribution in [1.29, 1.82) is 0 Å². The van der Waals surface area contributed by atoms with Crippen LogP contribution in [0, 0.1) is 0 Å². The van der Waals surface area contributed by atoms with Gasteiger partial charge >= 0.3 is 0 Å². The van der Waals surface area contributed by atoms with Crippen molar-refractivity contribution >= 4 is 0 Å². The standard InChI is InChI=1S/C13H18O3/c1-15-9-11(14)6-7-12-8-10-4-2-3-5-13(10)16-12/h2-5,11-12,14H,6-9H2,1H3. The Balaban J connectivity index is 1.79. The van der Waals surface area contributed by atoms with E-state index >= 15 is 0 Å². The predicted molar refractivity (Wildman–Crippen MR) is 61.7 cm³/mol. The van der Waals surface area contributed by atoms with Crippen LogP contribution >= 0.6 is 0 Å². The summed E-state index contributed by atoms with van der Waals surface area (Å²) in [6.45, 7) is 0.402. The number of para-hydroxylation sites is 1. The number of hydrogen-bond acceptors (Lipinski definition) is 3. The molecule has 0 amide bonds. The molecule has 1 aromatic carbocycles. The second-order valence-electron chi connectivity index (χ2n) is 4.24. The first kappa shape index (κ1) is 11.4. The molecular weight excluding hydrogens is 204 g/mol. The molecular formula is C13H18O3. The first-order valence-corrected chi connectivity index (χ1v) is 5.71. The summed E-state index contributed by atoms with van der Waals surface area (Å²) in [6, 6.07) is 8.12. The summed E-state index contributed by atoms with van der Waals surface area (Å²) in [4.78, 5) is 0. The third-order valence-electron chi connectivity index (χ3n) is 2.89. The molecule has 16 heavy (non-hydrogen) atoms. The van der Waals surface area contributed by atoms with Crippen molar-refractivity contribution in [3.63, 3.8) is 0 Å². The number of fused-ring (bicyclic) bond motifs is 1. The number of benzene rings is 1. The number of methoxy groups -OCH3 is 1. The fraction of sp³-hybridized carbons (Fsp3) is 0.538. The molecule has 88 valence electrons. The third-order valence-corrected chi connectivity index (χ3v) is 2.89. The maximum absolute atomic E-state index is 9.55. The lowest BCUT2D eigenvalue weighted by Crippen LogP contribution is -2.20. The van der Waals surface area contributed by atoms with Crippen molar-refractivity contribution in [3.8, 4) is 5.75 Å². The van der Waals surface area contributed by atoms with E-state index in [2.05, 4.69) is 6.07 Å². The van der Waals surface area contributed by atoms with Crippen molar-refractivity contribution in [2.45, 2.75) is 31.5 Å². The molecule has 0 saturated carbocycles. The monoisotopic (exact) mass is 222 g/mol. The number of hydrogen-bond donors (Lipinski definition) is 1. The van der Waals surface area contributed by atoms with Crippen LogP contribution in [0.5, 0.6) is 5.75 Å². The molecule has 1 aliphatic heterocycles. The van der Waals surface area contributed by atoms with Crippen LogP contribution in [0.25, 0.3) is 0 Å². The van der Waals surface area contributed by atoms with Gasteiger partial charge < -0.3 is 14.6 Å². The van der Waals surface area contributed by atoms with Crippen molar-refractivity contribution in [3.05, 3.63) is 29.8 Å². The van der Waals surface area contributed by atoms with Crippen molar-refractivity contribution in [2.75, 3.05) is 13.7 Å². The van der Waals surface area contributed by atoms with Crippen molar-refractivity contribution in [1.82, 2.24) is 0 Å². The molecule has 2 atom stereocenters. The summed E-state index contributed by atoms with van der Waals surface area (Å²) in [7, 11) is 1.60. The van der Waals surface area contributed by atoms with E-state index in [1.54, 1.807) is 7.11 Å². The Hall–Kier alpha value is -1.06. The fourth-order valence-electron chi connectivity index (χ4n) is 2.07. The highest BCUT2D eigenvalue weighted by atomic mass is 16.5. The van der Waals surface area contributed by atoms with Gasteiger partial charge in [0.1, 0.15) is 11.9 Å². The van der Waals surface area contributed by atoms with Crippen LogP contribution in [0.2, 0.25) is 0 Å². The first-order valence-electron chi connectivity index (χ1n) is 5.71. The van der Waals surface area contributed by atoms with E-state index in [4.69, 9.17) is 9.47 Å². The van der Waals surface area contributed by atoms with Gasteiger partial charge in [-0.2, -0.15) is 0 Å². The topological polar surface area (TPSA) is 38.7 Å². The summed E-state index contributed by atoms with van der Waals surface area (Å²) in [6.07, 6.45) is 2.39. The lowest BCUT2D eigenvalue weighted by molar-refractivity contribution is 0.0507. The van der Waals surface area contributed by atoms with E-state index in [0.29, 0.717) is 6.61 Å². The zero-order chi connectivity index (χ0) is 11.4. The van der Waals surface area contributed by atoms with Gasteiger partial charge in [-0.1, -0.05) is 18.2 Å². The summed E-state index contributed by atoms with van der Waals surface area (Å²) in [5.41, 5.74) is 1.27. The first-order chi connectivity index (χ1) is 7.79. The molecule has 0 bridgehead atoms. The van der Waals surface area contributed by atoms with Crippen LogP contribution in [-0.4, -0.2) is 31.0 Å². The van der Waals surface area contributed by atoms with E-state index in [0.717, 1.165) is 25.0 Å². The molecule has 3 heteroatoms. The molecule has 2 rings (SSSR count). The van der Waals surface area contributed by atoms with Gasteiger partial charge in [0.05, 0.1) is 12.7 Å². The lowest BCUT2D eigenvalue weighted by Gasteiger charge is -2.13. The summed E-state index contributed by atoms with van der Waals surface area (Å²) in [5, 5.41) is 9.55. The van der Waals surface area contributed by atoms with Crippen LogP contribution in [-0.2, 0) is 11.2 Å². The molecule has 1 aromatic rings. The number of ether oxygens (including phenoxy) is 2. The second-order valence-corrected chi connectivity index (χ2v) is 4.24. The van der Waals surface area contributed by atoms with Gasteiger partial charge in [0, 0.05) is 13.5 Å². The Morgan fingerprint density at radius 1 is 1.50 bits per heavy atom. The summed E-state index contributed by atoms with van der Waals surface area (Å²) >= 11 is 0. The summed E-state index contributed by atoms with van der Waals surface area (Å²) in [5.74, 6) is 0.994. The van der Waals surface area contributed by atoms with Gasteiger partial charge in [-0.05, 0) is 24.5 Å². The molecule has 1 heterocycles. The van der Waals surface area contributed by atoms with Gasteiger partial charge in [-0.15, -0.1) is 0 Å². The molecule has 2 unspecified atom stereocenters. The van der Waals surface area contributed by atoms with Gasteiger partial charge in [0.25, 0.3) is 0 Å². The highest BCUT2D eigenvalue weighted by molar-refractivity contribution is 5.37. The van der Waals surface area contributed by atoms with Crippen molar-refractivity contribution in [2.24, 2.45) is 0 Å². The minimum atomic E-state index is -0.377. The quantitative estimate of drug-likeness (QED) is 0.825. The number of aliphatic hydroxyl groups excluding tert-OH is 1. The molecule has 0 fully saturated rings. The maximum atomic E-state index is 9.55. The van der Waals surface area contributed by atoms with Gasteiger partial charge in [0.2, 0.25) is 0 Å². The van der Waals surface area contributed by atoms with Crippen LogP contribution in [0.1, 0.15) is 18.4 Å². The second kappa shape index (κ2) is 5.32. The zero-order valence-corrected chi connectivity index (χ0v) is 9.56. The molecule has 0 saturated heterocycles. The summed E-state index contributed by atoms with van der Waals surface area (Å²) < 4.78 is 10.7. The largest absolute Gasteiger partial charge is 0.490 e. The molecule has 0 radical (unpaired) electrons.